The summed E-state index contributed by atoms with van der Waals surface area (Å²) in [7, 11) is 0. The van der Waals surface area contributed by atoms with Gasteiger partial charge < -0.3 is 19.5 Å². The second-order valence-corrected chi connectivity index (χ2v) is 4.84. The van der Waals surface area contributed by atoms with Crippen LogP contribution in [-0.2, 0) is 19.1 Å². The van der Waals surface area contributed by atoms with E-state index in [9.17, 15) is 9.59 Å². The molecule has 0 unspecified atom stereocenters. The van der Waals surface area contributed by atoms with Crippen molar-refractivity contribution < 1.29 is 23.8 Å². The van der Waals surface area contributed by atoms with Gasteiger partial charge in [0, 0.05) is 12.8 Å². The van der Waals surface area contributed by atoms with Crippen molar-refractivity contribution in [3.05, 3.63) is 18.3 Å². The number of aromatic nitrogens is 1. The highest BCUT2D eigenvalue weighted by Gasteiger charge is 2.15. The fourth-order valence-corrected chi connectivity index (χ4v) is 2.04. The van der Waals surface area contributed by atoms with Gasteiger partial charge in [0.2, 0.25) is 5.91 Å². The molecule has 120 valence electrons. The van der Waals surface area contributed by atoms with Crippen LogP contribution < -0.4 is 10.1 Å². The van der Waals surface area contributed by atoms with Crippen molar-refractivity contribution in [2.24, 2.45) is 0 Å². The zero-order chi connectivity index (χ0) is 15.8. The number of rotatable bonds is 6. The lowest BCUT2D eigenvalue weighted by atomic mass is 10.1. The van der Waals surface area contributed by atoms with Gasteiger partial charge in [0.05, 0.1) is 26.0 Å². The van der Waals surface area contributed by atoms with Crippen LogP contribution >= 0.6 is 0 Å². The molecule has 1 N–H and O–H groups in total. The normalized spacial score (nSPS) is 15.1. The Morgan fingerprint density at radius 2 is 2.14 bits per heavy atom. The molecule has 22 heavy (non-hydrogen) atoms. The maximum atomic E-state index is 11.6. The predicted octanol–water partition coefficient (Wildman–Crippen LogP) is 1.53. The number of carbonyl (C=O) groups is 2. The van der Waals surface area contributed by atoms with Gasteiger partial charge in [-0.05, 0) is 19.1 Å². The van der Waals surface area contributed by atoms with E-state index in [0.717, 1.165) is 12.8 Å². The molecule has 1 aliphatic heterocycles. The average molecular weight is 308 g/mol. The summed E-state index contributed by atoms with van der Waals surface area (Å²) in [5.74, 6) is 0.00689. The molecule has 0 atom stereocenters. The lowest BCUT2D eigenvalue weighted by molar-refractivity contribution is -0.145. The van der Waals surface area contributed by atoms with Crippen LogP contribution in [0.3, 0.4) is 0 Å². The van der Waals surface area contributed by atoms with Crippen molar-refractivity contribution >= 4 is 17.7 Å². The highest BCUT2D eigenvalue weighted by molar-refractivity contribution is 6.01. The molecule has 1 saturated heterocycles. The van der Waals surface area contributed by atoms with E-state index in [0.29, 0.717) is 24.8 Å². The zero-order valence-corrected chi connectivity index (χ0v) is 12.5. The van der Waals surface area contributed by atoms with Crippen LogP contribution in [0.15, 0.2) is 18.3 Å². The Bertz CT molecular complexity index is 497. The number of nitrogens with one attached hydrogen (secondary N) is 1. The average Bonchev–Trinajstić information content (AvgIpc) is 2.50. The summed E-state index contributed by atoms with van der Waals surface area (Å²) in [6, 6.07) is 3.38. The van der Waals surface area contributed by atoms with Crippen LogP contribution in [0, 0.1) is 0 Å². The van der Waals surface area contributed by atoms with E-state index in [-0.39, 0.29) is 19.1 Å². The van der Waals surface area contributed by atoms with E-state index < -0.39 is 11.9 Å². The number of hydrogen-bond acceptors (Lipinski definition) is 6. The minimum atomic E-state index is -0.556. The second kappa shape index (κ2) is 8.33. The molecule has 0 saturated carbocycles. The van der Waals surface area contributed by atoms with Crippen LogP contribution in [0.4, 0.5) is 5.82 Å². The monoisotopic (exact) mass is 308 g/mol. The number of esters is 1. The van der Waals surface area contributed by atoms with Gasteiger partial charge in [-0.3, -0.25) is 9.59 Å². The molecule has 1 aromatic heterocycles. The maximum absolute atomic E-state index is 11.6. The summed E-state index contributed by atoms with van der Waals surface area (Å²) in [5.41, 5.74) is 0. The lowest BCUT2D eigenvalue weighted by Crippen LogP contribution is -2.25. The Kier molecular flexibility index (Phi) is 6.14. The van der Waals surface area contributed by atoms with Gasteiger partial charge in [-0.2, -0.15) is 0 Å². The van der Waals surface area contributed by atoms with E-state index in [4.69, 9.17) is 14.2 Å². The number of hydrogen-bond donors (Lipinski definition) is 1. The van der Waals surface area contributed by atoms with Gasteiger partial charge in [-0.25, -0.2) is 4.98 Å². The van der Waals surface area contributed by atoms with Gasteiger partial charge >= 0.3 is 5.97 Å². The Morgan fingerprint density at radius 1 is 1.36 bits per heavy atom. The quantitative estimate of drug-likeness (QED) is 0.633. The first kappa shape index (κ1) is 16.2. The van der Waals surface area contributed by atoms with Crippen LogP contribution in [0.25, 0.3) is 0 Å². The fraction of sp³-hybridized carbons (Fsp3) is 0.533. The standard InChI is InChI=1S/C15H20N2O5/c1-2-21-15(19)9-14(18)17-13-4-3-12(10-16-13)22-11-5-7-20-8-6-11/h3-4,10-11H,2,5-9H2,1H3,(H,16,17,18). The Labute approximate surface area is 129 Å². The first-order valence-electron chi connectivity index (χ1n) is 7.33. The van der Waals surface area contributed by atoms with Crippen molar-refractivity contribution in [1.82, 2.24) is 4.98 Å². The van der Waals surface area contributed by atoms with Crippen LogP contribution in [0.1, 0.15) is 26.2 Å². The molecular weight excluding hydrogens is 288 g/mol. The summed E-state index contributed by atoms with van der Waals surface area (Å²) < 4.78 is 15.8. The van der Waals surface area contributed by atoms with Gasteiger partial charge in [-0.15, -0.1) is 0 Å². The molecular formula is C15H20N2O5. The number of nitrogens with zero attached hydrogens (tertiary/aromatic N) is 1. The highest BCUT2D eigenvalue weighted by atomic mass is 16.5. The SMILES string of the molecule is CCOC(=O)CC(=O)Nc1ccc(OC2CCOCC2)cn1. The molecule has 2 heterocycles. The number of ether oxygens (including phenoxy) is 3. The predicted molar refractivity (Wildman–Crippen MR) is 78.6 cm³/mol. The zero-order valence-electron chi connectivity index (χ0n) is 12.5. The minimum Gasteiger partial charge on any atom is -0.489 e. The van der Waals surface area contributed by atoms with E-state index in [1.54, 1.807) is 25.3 Å². The summed E-state index contributed by atoms with van der Waals surface area (Å²) in [4.78, 5) is 26.9. The smallest absolute Gasteiger partial charge is 0.315 e. The van der Waals surface area contributed by atoms with E-state index in [2.05, 4.69) is 10.3 Å². The molecule has 0 radical (unpaired) electrons. The third kappa shape index (κ3) is 5.33. The summed E-state index contributed by atoms with van der Waals surface area (Å²) in [6.45, 7) is 3.36. The molecule has 7 heteroatoms. The van der Waals surface area contributed by atoms with E-state index in [1.807, 2.05) is 0 Å². The van der Waals surface area contributed by atoms with E-state index in [1.165, 1.54) is 0 Å². The summed E-state index contributed by atoms with van der Waals surface area (Å²) in [6.07, 6.45) is 3.08. The number of pyridine rings is 1. The van der Waals surface area contributed by atoms with Gasteiger partial charge in [0.15, 0.2) is 0 Å². The molecule has 0 spiro atoms. The second-order valence-electron chi connectivity index (χ2n) is 4.84. The molecule has 1 fully saturated rings. The Morgan fingerprint density at radius 3 is 2.77 bits per heavy atom. The van der Waals surface area contributed by atoms with Crippen molar-refractivity contribution in [3.63, 3.8) is 0 Å². The van der Waals surface area contributed by atoms with Gasteiger partial charge in [-0.1, -0.05) is 0 Å². The molecule has 1 aromatic rings. The lowest BCUT2D eigenvalue weighted by Gasteiger charge is -2.23. The van der Waals surface area contributed by atoms with Gasteiger partial charge in [0.25, 0.3) is 0 Å². The van der Waals surface area contributed by atoms with Crippen molar-refractivity contribution in [2.75, 3.05) is 25.1 Å². The third-order valence-corrected chi connectivity index (χ3v) is 3.09. The molecule has 0 aromatic carbocycles. The van der Waals surface area contributed by atoms with Crippen molar-refractivity contribution in [1.29, 1.82) is 0 Å². The third-order valence-electron chi connectivity index (χ3n) is 3.09. The van der Waals surface area contributed by atoms with E-state index >= 15 is 0 Å². The summed E-state index contributed by atoms with van der Waals surface area (Å²) >= 11 is 0. The first-order chi connectivity index (χ1) is 10.7. The minimum absolute atomic E-state index is 0.139. The maximum Gasteiger partial charge on any atom is 0.315 e. The molecule has 2 rings (SSSR count). The number of amides is 1. The van der Waals surface area contributed by atoms with Crippen molar-refractivity contribution in [3.8, 4) is 5.75 Å². The molecule has 0 aliphatic carbocycles. The molecule has 1 aliphatic rings. The molecule has 1 amide bonds. The molecule has 7 nitrogen and oxygen atoms in total. The fourth-order valence-electron chi connectivity index (χ4n) is 2.04. The first-order valence-corrected chi connectivity index (χ1v) is 7.33. The Balaban J connectivity index is 1.80. The number of anilines is 1. The molecule has 0 bridgehead atoms. The topological polar surface area (TPSA) is 86.8 Å². The largest absolute Gasteiger partial charge is 0.489 e. The highest BCUT2D eigenvalue weighted by Crippen LogP contribution is 2.18. The Hall–Kier alpha value is -2.15. The van der Waals surface area contributed by atoms with Crippen LogP contribution in [0.2, 0.25) is 0 Å². The van der Waals surface area contributed by atoms with Crippen LogP contribution in [-0.4, -0.2) is 42.8 Å². The summed E-state index contributed by atoms with van der Waals surface area (Å²) in [5, 5.41) is 2.54. The van der Waals surface area contributed by atoms with Gasteiger partial charge in [0.1, 0.15) is 24.1 Å². The van der Waals surface area contributed by atoms with Crippen LogP contribution in [0.5, 0.6) is 5.75 Å². The number of carbonyl (C=O) groups excluding carboxylic acids is 2. The van der Waals surface area contributed by atoms with Crippen molar-refractivity contribution in [2.45, 2.75) is 32.3 Å².